The minimum absolute atomic E-state index is 0.145. The molecule has 0 bridgehead atoms. The van der Waals surface area contributed by atoms with Crippen molar-refractivity contribution in [1.29, 1.82) is 0 Å². The summed E-state index contributed by atoms with van der Waals surface area (Å²) in [6.45, 7) is 1.84. The molecule has 0 radical (unpaired) electrons. The average molecular weight is 246 g/mol. The molecule has 6 nitrogen and oxygen atoms in total. The molecule has 0 saturated carbocycles. The molecule has 0 heterocycles. The fourth-order valence-corrected chi connectivity index (χ4v) is 3.82. The van der Waals surface area contributed by atoms with E-state index in [1.165, 1.54) is 0 Å². The first-order valence-corrected chi connectivity index (χ1v) is 7.74. The van der Waals surface area contributed by atoms with E-state index in [0.29, 0.717) is 6.42 Å². The Morgan fingerprint density at radius 3 is 1.93 bits per heavy atom. The lowest BCUT2D eigenvalue weighted by Crippen LogP contribution is -2.14. The zero-order chi connectivity index (χ0) is 11.4. The van der Waals surface area contributed by atoms with E-state index in [1.54, 1.807) is 0 Å². The highest BCUT2D eigenvalue weighted by atomic mass is 31.2. The topological polar surface area (TPSA) is 115 Å². The van der Waals surface area contributed by atoms with Crippen molar-refractivity contribution >= 4 is 15.2 Å². The number of hydrogen-bond acceptors (Lipinski definition) is 2. The van der Waals surface area contributed by atoms with Crippen LogP contribution in [-0.2, 0) is 9.13 Å². The summed E-state index contributed by atoms with van der Waals surface area (Å²) in [7, 11) is -8.74. The minimum Gasteiger partial charge on any atom is -0.324 e. The first-order valence-electron chi connectivity index (χ1n) is 4.26. The van der Waals surface area contributed by atoms with Crippen LogP contribution in [0.5, 0.6) is 0 Å². The van der Waals surface area contributed by atoms with Crippen molar-refractivity contribution in [3.8, 4) is 0 Å². The van der Waals surface area contributed by atoms with Gasteiger partial charge >= 0.3 is 15.2 Å². The monoisotopic (exact) mass is 246 g/mol. The third kappa shape index (κ3) is 6.71. The van der Waals surface area contributed by atoms with Crippen LogP contribution in [0.1, 0.15) is 26.2 Å². The van der Waals surface area contributed by atoms with Gasteiger partial charge < -0.3 is 19.6 Å². The summed E-state index contributed by atoms with van der Waals surface area (Å²) in [4.78, 5) is 34.9. The van der Waals surface area contributed by atoms with Gasteiger partial charge in [-0.1, -0.05) is 19.8 Å². The molecule has 0 aliphatic heterocycles. The second-order valence-corrected chi connectivity index (χ2v) is 6.84. The van der Waals surface area contributed by atoms with Crippen LogP contribution in [0, 0.1) is 0 Å². The Bertz CT molecular complexity index is 253. The Balaban J connectivity index is 4.42. The highest BCUT2D eigenvalue weighted by Crippen LogP contribution is 2.50. The Labute approximate surface area is 82.7 Å². The summed E-state index contributed by atoms with van der Waals surface area (Å²) in [6.07, 6.45) is 0.691. The molecule has 4 N–H and O–H groups in total. The van der Waals surface area contributed by atoms with Crippen LogP contribution >= 0.6 is 15.2 Å². The number of hydrogen-bond donors (Lipinski definition) is 4. The van der Waals surface area contributed by atoms with Gasteiger partial charge in [0.05, 0.1) is 11.8 Å². The third-order valence-corrected chi connectivity index (χ3v) is 4.41. The van der Waals surface area contributed by atoms with Gasteiger partial charge in [-0.05, 0) is 6.42 Å². The van der Waals surface area contributed by atoms with Gasteiger partial charge in [-0.15, -0.1) is 0 Å². The maximum atomic E-state index is 10.9. The van der Waals surface area contributed by atoms with Crippen LogP contribution in [0.2, 0.25) is 0 Å². The Morgan fingerprint density at radius 1 is 1.14 bits per heavy atom. The number of unbranched alkanes of at least 4 members (excludes halogenated alkanes) is 1. The lowest BCUT2D eigenvalue weighted by molar-refractivity contribution is 0.342. The molecule has 0 aliphatic carbocycles. The first-order chi connectivity index (χ1) is 6.17. The Morgan fingerprint density at radius 2 is 1.64 bits per heavy atom. The van der Waals surface area contributed by atoms with E-state index in [0.717, 1.165) is 6.42 Å². The Kier molecular flexibility index (Phi) is 5.52. The normalized spacial score (nSPS) is 15.5. The van der Waals surface area contributed by atoms with Gasteiger partial charge in [-0.3, -0.25) is 9.13 Å². The summed E-state index contributed by atoms with van der Waals surface area (Å²) in [5.74, 6) is 0. The molecule has 0 spiro atoms. The summed E-state index contributed by atoms with van der Waals surface area (Å²) in [6, 6.07) is 0. The molecule has 0 aliphatic rings. The summed E-state index contributed by atoms with van der Waals surface area (Å²) < 4.78 is 21.5. The maximum absolute atomic E-state index is 10.9. The standard InChI is InChI=1S/C6H16O6P2/c1-2-3-4-6(14(10,11)12)5-13(7,8)9/h6H,2-5H2,1H3,(H2,7,8,9)(H2,10,11,12). The molecule has 0 amide bonds. The predicted octanol–water partition coefficient (Wildman–Crippen LogP) is 0.901. The summed E-state index contributed by atoms with van der Waals surface area (Å²) in [5.41, 5.74) is -1.22. The molecule has 0 saturated heterocycles. The predicted molar refractivity (Wildman–Crippen MR) is 52.3 cm³/mol. The smallest absolute Gasteiger partial charge is 0.324 e. The molecule has 86 valence electrons. The van der Waals surface area contributed by atoms with Crippen molar-refractivity contribution in [3.05, 3.63) is 0 Å². The van der Waals surface area contributed by atoms with Crippen LogP contribution < -0.4 is 0 Å². The van der Waals surface area contributed by atoms with Crippen LogP contribution in [0.15, 0.2) is 0 Å². The molecular weight excluding hydrogens is 230 g/mol. The van der Waals surface area contributed by atoms with Crippen LogP contribution in [0.25, 0.3) is 0 Å². The molecule has 0 rings (SSSR count). The van der Waals surface area contributed by atoms with Crippen LogP contribution in [0.4, 0.5) is 0 Å². The quantitative estimate of drug-likeness (QED) is 0.517. The van der Waals surface area contributed by atoms with Gasteiger partial charge in [0, 0.05) is 0 Å². The molecule has 0 aromatic rings. The Hall–Kier alpha value is 0.300. The highest BCUT2D eigenvalue weighted by molar-refractivity contribution is 7.56. The molecule has 8 heteroatoms. The van der Waals surface area contributed by atoms with Gasteiger partial charge in [0.1, 0.15) is 0 Å². The largest absolute Gasteiger partial charge is 0.329 e. The van der Waals surface area contributed by atoms with Gasteiger partial charge in [-0.2, -0.15) is 0 Å². The van der Waals surface area contributed by atoms with E-state index < -0.39 is 27.0 Å². The average Bonchev–Trinajstić information content (AvgIpc) is 1.93. The number of rotatable bonds is 6. The molecule has 1 unspecified atom stereocenters. The zero-order valence-electron chi connectivity index (χ0n) is 7.91. The minimum atomic E-state index is -4.39. The van der Waals surface area contributed by atoms with Crippen LogP contribution in [0.3, 0.4) is 0 Å². The highest BCUT2D eigenvalue weighted by Gasteiger charge is 2.33. The summed E-state index contributed by atoms with van der Waals surface area (Å²) >= 11 is 0. The lowest BCUT2D eigenvalue weighted by atomic mass is 10.2. The van der Waals surface area contributed by atoms with Gasteiger partial charge in [0.2, 0.25) is 0 Å². The molecule has 1 atom stereocenters. The summed E-state index contributed by atoms with van der Waals surface area (Å²) in [5, 5.41) is 0. The van der Waals surface area contributed by atoms with E-state index in [2.05, 4.69) is 0 Å². The van der Waals surface area contributed by atoms with Gasteiger partial charge in [0.25, 0.3) is 0 Å². The fraction of sp³-hybridized carbons (Fsp3) is 1.00. The van der Waals surface area contributed by atoms with E-state index in [1.807, 2.05) is 6.92 Å². The van der Waals surface area contributed by atoms with E-state index in [4.69, 9.17) is 19.6 Å². The fourth-order valence-electron chi connectivity index (χ4n) is 1.08. The van der Waals surface area contributed by atoms with Gasteiger partial charge in [-0.25, -0.2) is 0 Å². The van der Waals surface area contributed by atoms with E-state index in [9.17, 15) is 9.13 Å². The van der Waals surface area contributed by atoms with Crippen molar-refractivity contribution < 1.29 is 28.7 Å². The maximum Gasteiger partial charge on any atom is 0.329 e. The molecule has 0 aromatic heterocycles. The molecular formula is C6H16O6P2. The van der Waals surface area contributed by atoms with Crippen molar-refractivity contribution in [2.75, 3.05) is 6.16 Å². The molecule has 0 aromatic carbocycles. The van der Waals surface area contributed by atoms with Crippen molar-refractivity contribution in [3.63, 3.8) is 0 Å². The van der Waals surface area contributed by atoms with E-state index >= 15 is 0 Å². The lowest BCUT2D eigenvalue weighted by Gasteiger charge is -2.18. The zero-order valence-corrected chi connectivity index (χ0v) is 9.69. The molecule has 14 heavy (non-hydrogen) atoms. The SMILES string of the molecule is CCCCC(CP(=O)(O)O)P(=O)(O)O. The van der Waals surface area contributed by atoms with Crippen molar-refractivity contribution in [2.45, 2.75) is 31.8 Å². The van der Waals surface area contributed by atoms with Crippen molar-refractivity contribution in [1.82, 2.24) is 0 Å². The van der Waals surface area contributed by atoms with E-state index in [-0.39, 0.29) is 6.42 Å². The first kappa shape index (κ1) is 14.3. The van der Waals surface area contributed by atoms with Crippen molar-refractivity contribution in [2.24, 2.45) is 0 Å². The molecule has 0 fully saturated rings. The second-order valence-electron chi connectivity index (χ2n) is 3.23. The second kappa shape index (κ2) is 5.40. The van der Waals surface area contributed by atoms with Crippen LogP contribution in [-0.4, -0.2) is 31.4 Å². The van der Waals surface area contributed by atoms with Gasteiger partial charge in [0.15, 0.2) is 0 Å². The third-order valence-electron chi connectivity index (χ3n) is 1.82.